The highest BCUT2D eigenvalue weighted by molar-refractivity contribution is 6.32. The third-order valence-electron chi connectivity index (χ3n) is 4.04. The van der Waals surface area contributed by atoms with E-state index in [4.69, 9.17) is 10.5 Å². The fraction of sp³-hybridized carbons (Fsp3) is 0.111. The van der Waals surface area contributed by atoms with Crippen molar-refractivity contribution in [2.75, 3.05) is 0 Å². The molecule has 2 aromatic rings. The molecule has 1 aliphatic rings. The average Bonchev–Trinajstić information content (AvgIpc) is 2.62. The summed E-state index contributed by atoms with van der Waals surface area (Å²) >= 11 is 0. The second-order valence-corrected chi connectivity index (χ2v) is 5.64. The molecule has 0 unspecified atom stereocenters. The summed E-state index contributed by atoms with van der Waals surface area (Å²) in [7, 11) is 0. The van der Waals surface area contributed by atoms with Crippen molar-refractivity contribution < 1.29 is 26.3 Å². The van der Waals surface area contributed by atoms with Crippen LogP contribution in [0.5, 0.6) is 0 Å². The van der Waals surface area contributed by atoms with Gasteiger partial charge >= 0.3 is 12.4 Å². The zero-order chi connectivity index (χ0) is 20.7. The van der Waals surface area contributed by atoms with Gasteiger partial charge in [0.2, 0.25) is 12.4 Å². The molecule has 0 atom stereocenters. The quantitative estimate of drug-likeness (QED) is 0.412. The third kappa shape index (κ3) is 3.21. The largest absolute Gasteiger partial charge is 0.416 e. The fourth-order valence-corrected chi connectivity index (χ4v) is 2.88. The number of hydrogen-bond donors (Lipinski definition) is 0. The van der Waals surface area contributed by atoms with E-state index >= 15 is 0 Å². The van der Waals surface area contributed by atoms with E-state index in [2.05, 4.69) is 9.98 Å². The third-order valence-corrected chi connectivity index (χ3v) is 4.04. The predicted molar refractivity (Wildman–Crippen MR) is 85.4 cm³/mol. The normalized spacial score (nSPS) is 16.3. The zero-order valence-corrected chi connectivity index (χ0v) is 13.5. The predicted octanol–water partition coefficient (Wildman–Crippen LogP) is 4.67. The maximum absolute atomic E-state index is 13.1. The number of nitriles is 2. The standard InChI is InChI=1S/C18H6F6N4/c19-17(20,21)9-1-3-11-13(5-9)16(28-8-26)12-4-2-10(18(22,23)24)6-14(12)15(11)27-7-25/h1-6H. The van der Waals surface area contributed by atoms with Crippen molar-refractivity contribution in [3.05, 3.63) is 69.8 Å². The summed E-state index contributed by atoms with van der Waals surface area (Å²) in [5.41, 5.74) is -2.92. The van der Waals surface area contributed by atoms with Crippen molar-refractivity contribution >= 4 is 11.4 Å². The molecule has 3 rings (SSSR count). The molecule has 140 valence electrons. The molecule has 0 aliphatic heterocycles. The second kappa shape index (κ2) is 6.50. The van der Waals surface area contributed by atoms with Crippen molar-refractivity contribution in [1.82, 2.24) is 0 Å². The number of rotatable bonds is 0. The molecule has 0 amide bonds. The van der Waals surface area contributed by atoms with Crippen LogP contribution in [0.25, 0.3) is 0 Å². The minimum Gasteiger partial charge on any atom is -0.172 e. The van der Waals surface area contributed by atoms with E-state index in [9.17, 15) is 26.3 Å². The second-order valence-electron chi connectivity index (χ2n) is 5.64. The maximum atomic E-state index is 13.1. The van der Waals surface area contributed by atoms with E-state index in [-0.39, 0.29) is 33.7 Å². The molecule has 0 fully saturated rings. The maximum Gasteiger partial charge on any atom is 0.416 e. The number of alkyl halides is 6. The van der Waals surface area contributed by atoms with Gasteiger partial charge in [-0.1, -0.05) is 12.1 Å². The fourth-order valence-electron chi connectivity index (χ4n) is 2.88. The summed E-state index contributed by atoms with van der Waals surface area (Å²) in [6, 6.07) is 4.86. The highest BCUT2D eigenvalue weighted by Gasteiger charge is 2.36. The Kier molecular flexibility index (Phi) is 4.44. The van der Waals surface area contributed by atoms with Gasteiger partial charge in [0.15, 0.2) is 0 Å². The molecule has 4 nitrogen and oxygen atoms in total. The van der Waals surface area contributed by atoms with Gasteiger partial charge < -0.3 is 0 Å². The molecular weight excluding hydrogens is 386 g/mol. The van der Waals surface area contributed by atoms with E-state index in [1.807, 2.05) is 0 Å². The van der Waals surface area contributed by atoms with E-state index < -0.39 is 23.5 Å². The highest BCUT2D eigenvalue weighted by Crippen LogP contribution is 2.37. The van der Waals surface area contributed by atoms with Crippen LogP contribution in [0.3, 0.4) is 0 Å². The Morgan fingerprint density at radius 2 is 0.964 bits per heavy atom. The van der Waals surface area contributed by atoms with Crippen LogP contribution in [0.4, 0.5) is 26.3 Å². The van der Waals surface area contributed by atoms with Crippen molar-refractivity contribution in [2.45, 2.75) is 12.4 Å². The lowest BCUT2D eigenvalue weighted by Crippen LogP contribution is -2.24. The van der Waals surface area contributed by atoms with Crippen LogP contribution in [-0.2, 0) is 12.4 Å². The van der Waals surface area contributed by atoms with E-state index in [0.717, 1.165) is 24.3 Å². The highest BCUT2D eigenvalue weighted by atomic mass is 19.4. The smallest absolute Gasteiger partial charge is 0.172 e. The lowest BCUT2D eigenvalue weighted by atomic mass is 9.81. The molecule has 28 heavy (non-hydrogen) atoms. The van der Waals surface area contributed by atoms with Crippen molar-refractivity contribution in [3.8, 4) is 12.4 Å². The monoisotopic (exact) mass is 392 g/mol. The Hall–Kier alpha value is -3.66. The Bertz CT molecular complexity index is 1020. The SMILES string of the molecule is N#CN=C1c2ccc(C(F)(F)F)cc2C(=NC#N)c2ccc(C(F)(F)F)cc21. The van der Waals surface area contributed by atoms with Gasteiger partial charge in [-0.05, 0) is 24.3 Å². The van der Waals surface area contributed by atoms with Crippen LogP contribution < -0.4 is 0 Å². The van der Waals surface area contributed by atoms with E-state index in [1.54, 1.807) is 0 Å². The van der Waals surface area contributed by atoms with Gasteiger partial charge in [-0.15, -0.1) is 0 Å². The minimum atomic E-state index is -4.69. The number of hydrogen-bond acceptors (Lipinski definition) is 4. The van der Waals surface area contributed by atoms with E-state index in [0.29, 0.717) is 12.1 Å². The van der Waals surface area contributed by atoms with Crippen LogP contribution >= 0.6 is 0 Å². The van der Waals surface area contributed by atoms with Crippen LogP contribution in [0.15, 0.2) is 46.4 Å². The van der Waals surface area contributed by atoms with Crippen LogP contribution in [0.1, 0.15) is 33.4 Å². The van der Waals surface area contributed by atoms with Gasteiger partial charge in [0, 0.05) is 22.3 Å². The first-order chi connectivity index (χ1) is 13.1. The molecule has 0 radical (unpaired) electrons. The van der Waals surface area contributed by atoms with Gasteiger partial charge in [-0.3, -0.25) is 0 Å². The van der Waals surface area contributed by atoms with Gasteiger partial charge in [-0.2, -0.15) is 46.9 Å². The molecule has 0 aromatic heterocycles. The topological polar surface area (TPSA) is 72.3 Å². The minimum absolute atomic E-state index is 0.0321. The first kappa shape index (κ1) is 19.1. The molecular formula is C18H6F6N4. The summed E-state index contributed by atoms with van der Waals surface area (Å²) < 4.78 is 78.5. The molecule has 0 N–H and O–H groups in total. The molecule has 0 spiro atoms. The first-order valence-electron chi connectivity index (χ1n) is 7.45. The van der Waals surface area contributed by atoms with Crippen molar-refractivity contribution in [2.24, 2.45) is 9.98 Å². The number of fused-ring (bicyclic) bond motifs is 2. The lowest BCUT2D eigenvalue weighted by Gasteiger charge is -2.24. The summed E-state index contributed by atoms with van der Waals surface area (Å²) in [4.78, 5) is 7.02. The van der Waals surface area contributed by atoms with Crippen LogP contribution in [-0.4, -0.2) is 11.4 Å². The number of benzene rings is 2. The van der Waals surface area contributed by atoms with Crippen LogP contribution in [0.2, 0.25) is 0 Å². The number of aliphatic imine (C=N–C) groups is 2. The van der Waals surface area contributed by atoms with E-state index in [1.165, 1.54) is 12.4 Å². The van der Waals surface area contributed by atoms with Gasteiger partial charge in [-0.25, -0.2) is 0 Å². The van der Waals surface area contributed by atoms with Crippen molar-refractivity contribution in [3.63, 3.8) is 0 Å². The lowest BCUT2D eigenvalue weighted by molar-refractivity contribution is -0.138. The molecule has 10 heteroatoms. The molecule has 0 bridgehead atoms. The summed E-state index contributed by atoms with van der Waals surface area (Å²) in [6.07, 6.45) is -6.49. The molecule has 0 heterocycles. The Balaban J connectivity index is 2.38. The first-order valence-corrected chi connectivity index (χ1v) is 7.45. The Morgan fingerprint density at radius 1 is 0.607 bits per heavy atom. The molecule has 0 saturated carbocycles. The summed E-state index contributed by atoms with van der Waals surface area (Å²) in [5, 5.41) is 17.9. The Labute approximate surface area is 153 Å². The molecule has 0 saturated heterocycles. The molecule has 1 aliphatic carbocycles. The summed E-state index contributed by atoms with van der Waals surface area (Å²) in [6.45, 7) is 0. The van der Waals surface area contributed by atoms with Gasteiger partial charge in [0.05, 0.1) is 22.6 Å². The Morgan fingerprint density at radius 3 is 1.25 bits per heavy atom. The molecule has 2 aromatic carbocycles. The summed E-state index contributed by atoms with van der Waals surface area (Å²) in [5.74, 6) is 0. The number of nitrogens with zero attached hydrogens (tertiary/aromatic N) is 4. The van der Waals surface area contributed by atoms with Crippen molar-refractivity contribution in [1.29, 1.82) is 10.5 Å². The van der Waals surface area contributed by atoms with Gasteiger partial charge in [0.1, 0.15) is 0 Å². The van der Waals surface area contributed by atoms with Gasteiger partial charge in [0.25, 0.3) is 0 Å². The average molecular weight is 392 g/mol. The number of halogens is 6. The zero-order valence-electron chi connectivity index (χ0n) is 13.5. The van der Waals surface area contributed by atoms with Crippen LogP contribution in [0, 0.1) is 22.9 Å².